The van der Waals surface area contributed by atoms with Crippen LogP contribution in [0.15, 0.2) is 72.0 Å². The average Bonchev–Trinajstić information content (AvgIpc) is 3.54. The molecule has 0 unspecified atom stereocenters. The number of imidazole rings is 1. The molecule has 2 aromatic carbocycles. The summed E-state index contributed by atoms with van der Waals surface area (Å²) in [6.45, 7) is -0.0102. The number of carbonyl (C=O) groups is 1. The van der Waals surface area contributed by atoms with Crippen molar-refractivity contribution < 1.29 is 13.2 Å². The molecule has 8 nitrogen and oxygen atoms in total. The van der Waals surface area contributed by atoms with Crippen molar-refractivity contribution in [1.29, 1.82) is 0 Å². The van der Waals surface area contributed by atoms with Crippen LogP contribution in [-0.2, 0) is 9.84 Å². The van der Waals surface area contributed by atoms with E-state index in [-0.39, 0.29) is 34.9 Å². The smallest absolute Gasteiger partial charge is 0.251 e. The molecule has 1 aliphatic carbocycles. The maximum atomic E-state index is 12.9. The number of fused-ring (bicyclic) bond motifs is 1. The monoisotopic (exact) mass is 461 g/mol. The minimum atomic E-state index is -3.73. The molecule has 1 saturated carbocycles. The third-order valence-electron chi connectivity index (χ3n) is 5.57. The van der Waals surface area contributed by atoms with Gasteiger partial charge in [-0.3, -0.25) is 9.20 Å². The van der Waals surface area contributed by atoms with Crippen LogP contribution in [-0.4, -0.2) is 47.0 Å². The molecule has 1 aliphatic rings. The highest BCUT2D eigenvalue weighted by Crippen LogP contribution is 2.28. The fourth-order valence-electron chi connectivity index (χ4n) is 3.67. The molecule has 0 spiro atoms. The first-order chi connectivity index (χ1) is 16.0. The number of sulfone groups is 1. The molecule has 1 amide bonds. The molecule has 0 radical (unpaired) electrons. The van der Waals surface area contributed by atoms with Gasteiger partial charge in [0.1, 0.15) is 0 Å². The predicted molar refractivity (Wildman–Crippen MR) is 125 cm³/mol. The van der Waals surface area contributed by atoms with Crippen LogP contribution in [0, 0.1) is 0 Å². The third-order valence-corrected chi connectivity index (χ3v) is 7.20. The van der Waals surface area contributed by atoms with Gasteiger partial charge in [-0.15, -0.1) is 0 Å². The fourth-order valence-corrected chi connectivity index (χ4v) is 4.84. The fraction of sp³-hybridized carbons (Fsp3) is 0.208. The van der Waals surface area contributed by atoms with Gasteiger partial charge >= 0.3 is 0 Å². The van der Waals surface area contributed by atoms with E-state index in [2.05, 4.69) is 15.3 Å². The first-order valence-electron chi connectivity index (χ1n) is 10.7. The van der Waals surface area contributed by atoms with Gasteiger partial charge in [-0.2, -0.15) is 0 Å². The quantitative estimate of drug-likeness (QED) is 0.437. The number of benzene rings is 2. The number of amides is 1. The first kappa shape index (κ1) is 21.3. The molecule has 0 atom stereocenters. The summed E-state index contributed by atoms with van der Waals surface area (Å²) in [7, 11) is -3.73. The van der Waals surface area contributed by atoms with Crippen LogP contribution in [0.1, 0.15) is 23.2 Å². The normalized spacial score (nSPS) is 13.8. The maximum Gasteiger partial charge on any atom is 0.251 e. The van der Waals surface area contributed by atoms with Gasteiger partial charge in [0.25, 0.3) is 5.91 Å². The number of hydrogen-bond acceptors (Lipinski definition) is 6. The molecule has 4 aromatic rings. The van der Waals surface area contributed by atoms with E-state index in [4.69, 9.17) is 5.73 Å². The number of hydrogen-bond donors (Lipinski definition) is 2. The largest absolute Gasteiger partial charge is 0.349 e. The predicted octanol–water partition coefficient (Wildman–Crippen LogP) is 2.69. The second-order valence-electron chi connectivity index (χ2n) is 8.07. The summed E-state index contributed by atoms with van der Waals surface area (Å²) in [5, 5.41) is 2.88. The third kappa shape index (κ3) is 4.24. The van der Waals surface area contributed by atoms with Crippen LogP contribution in [0.5, 0.6) is 0 Å². The van der Waals surface area contributed by atoms with Gasteiger partial charge in [-0.05, 0) is 25.0 Å². The molecule has 5 rings (SSSR count). The molecular formula is C24H23N5O3S. The Kier molecular flexibility index (Phi) is 5.43. The Morgan fingerprint density at radius 2 is 1.79 bits per heavy atom. The maximum absolute atomic E-state index is 12.9. The number of nitrogens with one attached hydrogen (secondary N) is 1. The molecule has 2 aromatic heterocycles. The standard InChI is InChI=1S/C24H23N5O3S/c25-12-13-33(31,32)24-22-26-14-21(29(22)15-20(28-24)16-4-2-1-3-5-16)17-6-8-18(9-7-17)23(30)27-19-10-11-19/h1-9,14-15,19H,10-13,25H2,(H,27,30). The number of nitrogens with two attached hydrogens (primary N) is 1. The van der Waals surface area contributed by atoms with E-state index < -0.39 is 9.84 Å². The van der Waals surface area contributed by atoms with Gasteiger partial charge in [-0.25, -0.2) is 18.4 Å². The highest BCUT2D eigenvalue weighted by atomic mass is 32.2. The number of nitrogens with zero attached hydrogens (tertiary/aromatic N) is 3. The van der Waals surface area contributed by atoms with E-state index in [1.54, 1.807) is 28.9 Å². The molecule has 2 heterocycles. The molecule has 1 fully saturated rings. The zero-order valence-corrected chi connectivity index (χ0v) is 18.6. The Balaban J connectivity index is 1.62. The van der Waals surface area contributed by atoms with Gasteiger partial charge in [0, 0.05) is 35.5 Å². The van der Waals surface area contributed by atoms with Crippen LogP contribution in [0.25, 0.3) is 28.2 Å². The second-order valence-corrected chi connectivity index (χ2v) is 10.1. The lowest BCUT2D eigenvalue weighted by Gasteiger charge is -2.10. The van der Waals surface area contributed by atoms with Crippen LogP contribution >= 0.6 is 0 Å². The molecule has 0 bridgehead atoms. The van der Waals surface area contributed by atoms with Crippen molar-refractivity contribution in [2.75, 3.05) is 12.3 Å². The molecule has 168 valence electrons. The summed E-state index contributed by atoms with van der Waals surface area (Å²) in [4.78, 5) is 21.2. The van der Waals surface area contributed by atoms with Crippen LogP contribution in [0.2, 0.25) is 0 Å². The zero-order chi connectivity index (χ0) is 23.0. The highest BCUT2D eigenvalue weighted by molar-refractivity contribution is 7.91. The number of aromatic nitrogens is 3. The average molecular weight is 462 g/mol. The van der Waals surface area contributed by atoms with Crippen molar-refractivity contribution in [3.8, 4) is 22.5 Å². The summed E-state index contributed by atoms with van der Waals surface area (Å²) >= 11 is 0. The van der Waals surface area contributed by atoms with Gasteiger partial charge in [0.2, 0.25) is 9.84 Å². The van der Waals surface area contributed by atoms with E-state index in [1.807, 2.05) is 42.5 Å². The van der Waals surface area contributed by atoms with Gasteiger partial charge < -0.3 is 11.1 Å². The molecule has 0 saturated heterocycles. The minimum Gasteiger partial charge on any atom is -0.349 e. The lowest BCUT2D eigenvalue weighted by Crippen LogP contribution is -2.25. The van der Waals surface area contributed by atoms with E-state index in [1.165, 1.54) is 0 Å². The lowest BCUT2D eigenvalue weighted by atomic mass is 10.1. The zero-order valence-electron chi connectivity index (χ0n) is 17.8. The topological polar surface area (TPSA) is 119 Å². The Morgan fingerprint density at radius 1 is 1.06 bits per heavy atom. The van der Waals surface area contributed by atoms with Gasteiger partial charge in [0.15, 0.2) is 10.7 Å². The van der Waals surface area contributed by atoms with Gasteiger partial charge in [-0.1, -0.05) is 42.5 Å². The van der Waals surface area contributed by atoms with Crippen LogP contribution < -0.4 is 11.1 Å². The van der Waals surface area contributed by atoms with E-state index in [0.717, 1.165) is 24.0 Å². The summed E-state index contributed by atoms with van der Waals surface area (Å²) in [5.74, 6) is -0.311. The minimum absolute atomic E-state index is 0.0102. The molecule has 0 aliphatic heterocycles. The van der Waals surface area contributed by atoms with E-state index in [0.29, 0.717) is 17.0 Å². The Bertz CT molecular complexity index is 1430. The second kappa shape index (κ2) is 8.42. The van der Waals surface area contributed by atoms with Crippen LogP contribution in [0.3, 0.4) is 0 Å². The Morgan fingerprint density at radius 3 is 2.45 bits per heavy atom. The van der Waals surface area contributed by atoms with E-state index in [9.17, 15) is 13.2 Å². The van der Waals surface area contributed by atoms with Crippen molar-refractivity contribution in [1.82, 2.24) is 19.7 Å². The number of rotatable bonds is 7. The SMILES string of the molecule is NCCS(=O)(=O)c1nc(-c2ccccc2)cn2c(-c3ccc(C(=O)NC4CC4)cc3)cnc12. The van der Waals surface area contributed by atoms with Crippen molar-refractivity contribution in [2.24, 2.45) is 5.73 Å². The van der Waals surface area contributed by atoms with Crippen molar-refractivity contribution in [2.45, 2.75) is 23.9 Å². The highest BCUT2D eigenvalue weighted by Gasteiger charge is 2.25. The Labute approximate surface area is 191 Å². The molecular weight excluding hydrogens is 438 g/mol. The lowest BCUT2D eigenvalue weighted by molar-refractivity contribution is 0.0951. The van der Waals surface area contributed by atoms with Crippen molar-refractivity contribution in [3.05, 3.63) is 72.6 Å². The summed E-state index contributed by atoms with van der Waals surface area (Å²) in [6.07, 6.45) is 5.45. The summed E-state index contributed by atoms with van der Waals surface area (Å²) in [6, 6.07) is 16.9. The van der Waals surface area contributed by atoms with Crippen molar-refractivity contribution in [3.63, 3.8) is 0 Å². The molecule has 3 N–H and O–H groups in total. The molecule has 33 heavy (non-hydrogen) atoms. The van der Waals surface area contributed by atoms with E-state index >= 15 is 0 Å². The van der Waals surface area contributed by atoms with Crippen LogP contribution in [0.4, 0.5) is 0 Å². The Hall–Kier alpha value is -3.56. The van der Waals surface area contributed by atoms with Crippen molar-refractivity contribution >= 4 is 21.4 Å². The number of carbonyl (C=O) groups excluding carboxylic acids is 1. The summed E-state index contributed by atoms with van der Waals surface area (Å²) in [5.41, 5.74) is 9.17. The van der Waals surface area contributed by atoms with Gasteiger partial charge in [0.05, 0.1) is 23.3 Å². The summed E-state index contributed by atoms with van der Waals surface area (Å²) < 4.78 is 27.6. The first-order valence-corrected chi connectivity index (χ1v) is 12.4. The molecule has 9 heteroatoms.